The topological polar surface area (TPSA) is 72.8 Å². The fourth-order valence-corrected chi connectivity index (χ4v) is 3.55. The standard InChI is InChI=1S/C26H20O5/c1-16-4-9-21(10-5-16)31-23-12-11-22(30-15-27)24(25(23)26(28)29)20-8-7-18-13-17(2)3-6-19(18)14-20/h3-15H,1-2H3,(H,28,29). The largest absolute Gasteiger partial charge is 0.478 e. The summed E-state index contributed by atoms with van der Waals surface area (Å²) in [5.41, 5.74) is 3.01. The highest BCUT2D eigenvalue weighted by molar-refractivity contribution is 6.02. The van der Waals surface area contributed by atoms with Gasteiger partial charge in [0, 0.05) is 5.56 Å². The van der Waals surface area contributed by atoms with Crippen molar-refractivity contribution in [2.45, 2.75) is 13.8 Å². The summed E-state index contributed by atoms with van der Waals surface area (Å²) >= 11 is 0. The van der Waals surface area contributed by atoms with E-state index in [4.69, 9.17) is 9.47 Å². The Morgan fingerprint density at radius 3 is 2.16 bits per heavy atom. The number of hydrogen-bond acceptors (Lipinski definition) is 4. The molecule has 0 amide bonds. The molecule has 0 aliphatic rings. The van der Waals surface area contributed by atoms with Crippen LogP contribution in [0.1, 0.15) is 21.5 Å². The van der Waals surface area contributed by atoms with Crippen LogP contribution in [-0.4, -0.2) is 17.5 Å². The Hall–Kier alpha value is -4.12. The molecule has 4 rings (SSSR count). The minimum absolute atomic E-state index is 0.0774. The lowest BCUT2D eigenvalue weighted by molar-refractivity contribution is -0.120. The lowest BCUT2D eigenvalue weighted by Gasteiger charge is -2.16. The fraction of sp³-hybridized carbons (Fsp3) is 0.0769. The molecule has 0 spiro atoms. The van der Waals surface area contributed by atoms with Crippen LogP contribution in [0.3, 0.4) is 0 Å². The summed E-state index contributed by atoms with van der Waals surface area (Å²) in [5.74, 6) is -0.363. The molecule has 0 aliphatic heterocycles. The number of carbonyl (C=O) groups is 2. The molecular formula is C26H20O5. The number of carboxylic acid groups (broad SMARTS) is 1. The molecule has 5 nitrogen and oxygen atoms in total. The van der Waals surface area contributed by atoms with Crippen molar-refractivity contribution < 1.29 is 24.2 Å². The third-order valence-corrected chi connectivity index (χ3v) is 5.05. The van der Waals surface area contributed by atoms with Crippen LogP contribution in [0, 0.1) is 13.8 Å². The first-order chi connectivity index (χ1) is 15.0. The second-order valence-corrected chi connectivity index (χ2v) is 7.31. The van der Waals surface area contributed by atoms with E-state index in [2.05, 4.69) is 6.07 Å². The monoisotopic (exact) mass is 412 g/mol. The highest BCUT2D eigenvalue weighted by Crippen LogP contribution is 2.41. The SMILES string of the molecule is Cc1ccc(Oc2ccc(OC=O)c(-c3ccc4cc(C)ccc4c3)c2C(=O)O)cc1. The van der Waals surface area contributed by atoms with E-state index in [-0.39, 0.29) is 29.1 Å². The van der Waals surface area contributed by atoms with Crippen LogP contribution >= 0.6 is 0 Å². The Labute approximate surface area is 179 Å². The summed E-state index contributed by atoms with van der Waals surface area (Å²) in [6.45, 7) is 4.25. The van der Waals surface area contributed by atoms with Crippen LogP contribution in [0.5, 0.6) is 17.2 Å². The quantitative estimate of drug-likeness (QED) is 0.385. The van der Waals surface area contributed by atoms with Crippen LogP contribution in [0.25, 0.3) is 21.9 Å². The van der Waals surface area contributed by atoms with Crippen molar-refractivity contribution in [3.63, 3.8) is 0 Å². The molecule has 0 saturated carbocycles. The molecule has 0 unspecified atom stereocenters. The Morgan fingerprint density at radius 1 is 0.806 bits per heavy atom. The molecule has 0 saturated heterocycles. The first-order valence-corrected chi connectivity index (χ1v) is 9.72. The molecular weight excluding hydrogens is 392 g/mol. The van der Waals surface area contributed by atoms with Crippen molar-refractivity contribution in [2.75, 3.05) is 0 Å². The summed E-state index contributed by atoms with van der Waals surface area (Å²) in [4.78, 5) is 23.4. The highest BCUT2D eigenvalue weighted by atomic mass is 16.5. The normalized spacial score (nSPS) is 10.6. The van der Waals surface area contributed by atoms with Gasteiger partial charge in [0.1, 0.15) is 22.8 Å². The highest BCUT2D eigenvalue weighted by Gasteiger charge is 2.23. The van der Waals surface area contributed by atoms with Gasteiger partial charge >= 0.3 is 5.97 Å². The van der Waals surface area contributed by atoms with Gasteiger partial charge in [-0.25, -0.2) is 4.79 Å². The van der Waals surface area contributed by atoms with Crippen molar-refractivity contribution in [2.24, 2.45) is 0 Å². The van der Waals surface area contributed by atoms with Gasteiger partial charge in [0.15, 0.2) is 0 Å². The molecule has 1 N–H and O–H groups in total. The van der Waals surface area contributed by atoms with E-state index in [9.17, 15) is 14.7 Å². The van der Waals surface area contributed by atoms with E-state index in [0.29, 0.717) is 11.3 Å². The van der Waals surface area contributed by atoms with Crippen molar-refractivity contribution in [3.05, 3.63) is 89.5 Å². The number of aryl methyl sites for hydroxylation is 2. The van der Waals surface area contributed by atoms with Gasteiger partial charge in [-0.15, -0.1) is 0 Å². The van der Waals surface area contributed by atoms with Gasteiger partial charge in [-0.2, -0.15) is 0 Å². The minimum atomic E-state index is -1.18. The molecule has 0 atom stereocenters. The third-order valence-electron chi connectivity index (χ3n) is 5.05. The summed E-state index contributed by atoms with van der Waals surface area (Å²) in [5, 5.41) is 12.0. The van der Waals surface area contributed by atoms with Gasteiger partial charge in [0.05, 0.1) is 0 Å². The van der Waals surface area contributed by atoms with Gasteiger partial charge in [-0.05, 0) is 60.5 Å². The predicted octanol–water partition coefficient (Wildman–Crippen LogP) is 6.15. The number of carbonyl (C=O) groups excluding carboxylic acids is 1. The van der Waals surface area contributed by atoms with E-state index < -0.39 is 5.97 Å². The van der Waals surface area contributed by atoms with Crippen molar-refractivity contribution in [1.82, 2.24) is 0 Å². The van der Waals surface area contributed by atoms with E-state index in [1.807, 2.05) is 56.3 Å². The summed E-state index contributed by atoms with van der Waals surface area (Å²) in [6, 6.07) is 22.0. The molecule has 0 fully saturated rings. The number of fused-ring (bicyclic) bond motifs is 1. The zero-order valence-corrected chi connectivity index (χ0v) is 17.1. The number of ether oxygens (including phenoxy) is 2. The number of carboxylic acids is 1. The van der Waals surface area contributed by atoms with Gasteiger partial charge in [-0.1, -0.05) is 53.6 Å². The predicted molar refractivity (Wildman–Crippen MR) is 119 cm³/mol. The smallest absolute Gasteiger partial charge is 0.340 e. The van der Waals surface area contributed by atoms with Crippen LogP contribution in [0.2, 0.25) is 0 Å². The molecule has 4 aromatic rings. The van der Waals surface area contributed by atoms with Crippen LogP contribution in [0.15, 0.2) is 72.8 Å². The average Bonchev–Trinajstić information content (AvgIpc) is 2.75. The van der Waals surface area contributed by atoms with E-state index in [0.717, 1.165) is 21.9 Å². The van der Waals surface area contributed by atoms with Gasteiger partial charge in [0.25, 0.3) is 6.47 Å². The molecule has 4 aromatic carbocycles. The van der Waals surface area contributed by atoms with Crippen LogP contribution < -0.4 is 9.47 Å². The van der Waals surface area contributed by atoms with E-state index >= 15 is 0 Å². The Morgan fingerprint density at radius 2 is 1.45 bits per heavy atom. The Bertz CT molecular complexity index is 1290. The maximum absolute atomic E-state index is 12.3. The van der Waals surface area contributed by atoms with E-state index in [1.54, 1.807) is 18.2 Å². The molecule has 0 radical (unpaired) electrons. The van der Waals surface area contributed by atoms with Gasteiger partial charge in [-0.3, -0.25) is 4.79 Å². The van der Waals surface area contributed by atoms with Crippen LogP contribution in [0.4, 0.5) is 0 Å². The number of hydrogen-bond donors (Lipinski definition) is 1. The van der Waals surface area contributed by atoms with Gasteiger partial charge < -0.3 is 14.6 Å². The lowest BCUT2D eigenvalue weighted by atomic mass is 9.95. The zero-order valence-electron chi connectivity index (χ0n) is 17.1. The first-order valence-electron chi connectivity index (χ1n) is 9.72. The summed E-state index contributed by atoms with van der Waals surface area (Å²) in [6.07, 6.45) is 0. The average molecular weight is 412 g/mol. The summed E-state index contributed by atoms with van der Waals surface area (Å²) in [7, 11) is 0. The Balaban J connectivity index is 1.91. The number of rotatable bonds is 6. The molecule has 154 valence electrons. The molecule has 0 aliphatic carbocycles. The van der Waals surface area contributed by atoms with Crippen molar-refractivity contribution >= 4 is 23.2 Å². The number of aromatic carboxylic acids is 1. The summed E-state index contributed by atoms with van der Waals surface area (Å²) < 4.78 is 11.0. The molecule has 5 heteroatoms. The van der Waals surface area contributed by atoms with E-state index in [1.165, 1.54) is 6.07 Å². The lowest BCUT2D eigenvalue weighted by Crippen LogP contribution is -2.05. The van der Waals surface area contributed by atoms with Crippen molar-refractivity contribution in [1.29, 1.82) is 0 Å². The molecule has 0 heterocycles. The first kappa shape index (κ1) is 20.2. The maximum atomic E-state index is 12.3. The van der Waals surface area contributed by atoms with Crippen LogP contribution in [-0.2, 0) is 4.79 Å². The molecule has 31 heavy (non-hydrogen) atoms. The minimum Gasteiger partial charge on any atom is -0.478 e. The van der Waals surface area contributed by atoms with Gasteiger partial charge in [0.2, 0.25) is 0 Å². The second-order valence-electron chi connectivity index (χ2n) is 7.31. The molecule has 0 aromatic heterocycles. The fourth-order valence-electron chi connectivity index (χ4n) is 3.55. The Kier molecular flexibility index (Phi) is 5.41. The second kappa shape index (κ2) is 8.32. The zero-order chi connectivity index (χ0) is 22.0. The third kappa shape index (κ3) is 4.12. The maximum Gasteiger partial charge on any atom is 0.340 e. The van der Waals surface area contributed by atoms with Crippen molar-refractivity contribution in [3.8, 4) is 28.4 Å². The number of benzene rings is 4. The molecule has 0 bridgehead atoms.